The lowest BCUT2D eigenvalue weighted by Gasteiger charge is -2.26. The van der Waals surface area contributed by atoms with Crippen molar-refractivity contribution in [1.29, 1.82) is 0 Å². The van der Waals surface area contributed by atoms with Crippen molar-refractivity contribution >= 4 is 28.4 Å². The van der Waals surface area contributed by atoms with Crippen LogP contribution in [-0.2, 0) is 4.74 Å². The molecule has 0 bridgehead atoms. The van der Waals surface area contributed by atoms with Crippen molar-refractivity contribution in [3.63, 3.8) is 0 Å². The standard InChI is InChI=1S/C18H21N7O/c1-26-13-6-12(25(9-13)17-7-16(19)22-11-23-17)8-20-18-14-4-2-3-5-15(14)21-10-24-18/h2-5,7,10-13H,6,8-9H2,1H3,(H2,19,22,23)(H,20,21,24)/t12-,13-/m1/s1. The van der Waals surface area contributed by atoms with Crippen molar-refractivity contribution in [2.24, 2.45) is 0 Å². The van der Waals surface area contributed by atoms with Crippen molar-refractivity contribution in [3.8, 4) is 0 Å². The van der Waals surface area contributed by atoms with Gasteiger partial charge in [-0.2, -0.15) is 0 Å². The number of nitrogens with two attached hydrogens (primary N) is 1. The second-order valence-corrected chi connectivity index (χ2v) is 6.32. The largest absolute Gasteiger partial charge is 0.384 e. The van der Waals surface area contributed by atoms with E-state index in [1.165, 1.54) is 6.33 Å². The number of ether oxygens (including phenoxy) is 1. The second-order valence-electron chi connectivity index (χ2n) is 6.32. The number of benzene rings is 1. The third kappa shape index (κ3) is 3.23. The third-order valence-corrected chi connectivity index (χ3v) is 4.73. The zero-order chi connectivity index (χ0) is 17.9. The summed E-state index contributed by atoms with van der Waals surface area (Å²) in [6.45, 7) is 1.48. The van der Waals surface area contributed by atoms with Gasteiger partial charge >= 0.3 is 0 Å². The van der Waals surface area contributed by atoms with Gasteiger partial charge in [0.15, 0.2) is 0 Å². The summed E-state index contributed by atoms with van der Waals surface area (Å²) in [5.41, 5.74) is 6.75. The normalized spacial score (nSPS) is 19.8. The molecule has 2 atom stereocenters. The molecule has 1 aliphatic heterocycles. The predicted octanol–water partition coefficient (Wildman–Crippen LogP) is 1.71. The number of hydrogen-bond donors (Lipinski definition) is 2. The van der Waals surface area contributed by atoms with E-state index in [1.807, 2.05) is 24.3 Å². The van der Waals surface area contributed by atoms with Crippen LogP contribution >= 0.6 is 0 Å². The molecule has 8 heteroatoms. The molecular weight excluding hydrogens is 330 g/mol. The molecule has 1 aliphatic rings. The van der Waals surface area contributed by atoms with Gasteiger partial charge in [0, 0.05) is 31.7 Å². The number of hydrogen-bond acceptors (Lipinski definition) is 8. The van der Waals surface area contributed by atoms with E-state index in [9.17, 15) is 0 Å². The molecule has 3 heterocycles. The lowest BCUT2D eigenvalue weighted by molar-refractivity contribution is 0.118. The first kappa shape index (κ1) is 16.5. The van der Waals surface area contributed by atoms with Crippen molar-refractivity contribution < 1.29 is 4.74 Å². The van der Waals surface area contributed by atoms with Crippen LogP contribution in [0.15, 0.2) is 43.0 Å². The molecule has 1 aromatic carbocycles. The molecule has 134 valence electrons. The summed E-state index contributed by atoms with van der Waals surface area (Å²) < 4.78 is 5.58. The van der Waals surface area contributed by atoms with E-state index in [4.69, 9.17) is 10.5 Å². The number of aromatic nitrogens is 4. The highest BCUT2D eigenvalue weighted by molar-refractivity contribution is 5.88. The number of fused-ring (bicyclic) bond motifs is 1. The minimum atomic E-state index is 0.153. The molecule has 0 unspecified atom stereocenters. The van der Waals surface area contributed by atoms with Gasteiger partial charge in [-0.05, 0) is 18.6 Å². The lowest BCUT2D eigenvalue weighted by Crippen LogP contribution is -2.36. The van der Waals surface area contributed by atoms with Crippen molar-refractivity contribution in [3.05, 3.63) is 43.0 Å². The maximum absolute atomic E-state index is 5.82. The van der Waals surface area contributed by atoms with Crippen LogP contribution in [0.4, 0.5) is 17.5 Å². The maximum Gasteiger partial charge on any atom is 0.137 e. The molecule has 0 radical (unpaired) electrons. The molecular formula is C18H21N7O. The Balaban J connectivity index is 1.55. The van der Waals surface area contributed by atoms with Crippen molar-refractivity contribution in [1.82, 2.24) is 19.9 Å². The molecule has 0 saturated carbocycles. The number of nitrogen functional groups attached to an aromatic ring is 1. The molecule has 4 rings (SSSR count). The summed E-state index contributed by atoms with van der Waals surface area (Å²) >= 11 is 0. The first-order chi connectivity index (χ1) is 12.7. The Kier molecular flexibility index (Phi) is 4.49. The van der Waals surface area contributed by atoms with Crippen LogP contribution in [0.5, 0.6) is 0 Å². The summed E-state index contributed by atoms with van der Waals surface area (Å²) in [6, 6.07) is 9.97. The van der Waals surface area contributed by atoms with Crippen LogP contribution in [0.2, 0.25) is 0 Å². The zero-order valence-electron chi connectivity index (χ0n) is 14.5. The first-order valence-electron chi connectivity index (χ1n) is 8.55. The van der Waals surface area contributed by atoms with Gasteiger partial charge in [-0.1, -0.05) is 12.1 Å². The molecule has 8 nitrogen and oxygen atoms in total. The van der Waals surface area contributed by atoms with E-state index >= 15 is 0 Å². The van der Waals surface area contributed by atoms with E-state index in [-0.39, 0.29) is 12.1 Å². The summed E-state index contributed by atoms with van der Waals surface area (Å²) in [5, 5.41) is 4.47. The molecule has 0 aliphatic carbocycles. The van der Waals surface area contributed by atoms with Crippen LogP contribution in [0.3, 0.4) is 0 Å². The molecule has 1 fully saturated rings. The smallest absolute Gasteiger partial charge is 0.137 e. The Morgan fingerprint density at radius 2 is 2.04 bits per heavy atom. The van der Waals surface area contributed by atoms with Crippen molar-refractivity contribution in [2.75, 3.05) is 36.1 Å². The Morgan fingerprint density at radius 3 is 2.88 bits per heavy atom. The number of nitrogens with one attached hydrogen (secondary N) is 1. The molecule has 3 N–H and O–H groups in total. The average Bonchev–Trinajstić information content (AvgIpc) is 3.10. The summed E-state index contributed by atoms with van der Waals surface area (Å²) in [7, 11) is 1.74. The Bertz CT molecular complexity index is 898. The SMILES string of the molecule is CO[C@@H]1C[C@H](CNc2ncnc3ccccc23)N(c2cc(N)ncn2)C1. The van der Waals surface area contributed by atoms with E-state index < -0.39 is 0 Å². The fourth-order valence-electron chi connectivity index (χ4n) is 3.40. The highest BCUT2D eigenvalue weighted by Crippen LogP contribution is 2.27. The zero-order valence-corrected chi connectivity index (χ0v) is 14.5. The average molecular weight is 351 g/mol. The molecule has 26 heavy (non-hydrogen) atoms. The van der Waals surface area contributed by atoms with Gasteiger partial charge in [0.05, 0.1) is 17.7 Å². The maximum atomic E-state index is 5.82. The number of anilines is 3. The predicted molar refractivity (Wildman–Crippen MR) is 101 cm³/mol. The Labute approximate surface area is 151 Å². The van der Waals surface area contributed by atoms with Crippen LogP contribution in [0.1, 0.15) is 6.42 Å². The lowest BCUT2D eigenvalue weighted by atomic mass is 10.2. The van der Waals surface area contributed by atoms with Gasteiger partial charge in [0.25, 0.3) is 0 Å². The van der Waals surface area contributed by atoms with Gasteiger partial charge in [0.1, 0.15) is 30.1 Å². The summed E-state index contributed by atoms with van der Waals surface area (Å²) in [4.78, 5) is 19.3. The quantitative estimate of drug-likeness (QED) is 0.716. The summed E-state index contributed by atoms with van der Waals surface area (Å²) in [6.07, 6.45) is 4.13. The van der Waals surface area contributed by atoms with E-state index in [2.05, 4.69) is 30.2 Å². The minimum absolute atomic E-state index is 0.153. The fourth-order valence-corrected chi connectivity index (χ4v) is 3.40. The fraction of sp³-hybridized carbons (Fsp3) is 0.333. The minimum Gasteiger partial charge on any atom is -0.384 e. The molecule has 2 aromatic heterocycles. The molecule has 3 aromatic rings. The third-order valence-electron chi connectivity index (χ3n) is 4.73. The van der Waals surface area contributed by atoms with Crippen LogP contribution < -0.4 is 16.0 Å². The monoisotopic (exact) mass is 351 g/mol. The first-order valence-corrected chi connectivity index (χ1v) is 8.55. The molecule has 1 saturated heterocycles. The van der Waals surface area contributed by atoms with E-state index in [1.54, 1.807) is 19.5 Å². The van der Waals surface area contributed by atoms with Gasteiger partial charge in [-0.3, -0.25) is 0 Å². The van der Waals surface area contributed by atoms with Crippen LogP contribution in [0.25, 0.3) is 10.9 Å². The number of nitrogens with zero attached hydrogens (tertiary/aromatic N) is 5. The van der Waals surface area contributed by atoms with Gasteiger partial charge < -0.3 is 20.7 Å². The number of methoxy groups -OCH3 is 1. The van der Waals surface area contributed by atoms with Crippen LogP contribution in [0, 0.1) is 0 Å². The highest BCUT2D eigenvalue weighted by atomic mass is 16.5. The van der Waals surface area contributed by atoms with Gasteiger partial charge in [0.2, 0.25) is 0 Å². The topological polar surface area (TPSA) is 102 Å². The highest BCUT2D eigenvalue weighted by Gasteiger charge is 2.33. The van der Waals surface area contributed by atoms with Crippen LogP contribution in [-0.4, -0.2) is 52.3 Å². The van der Waals surface area contributed by atoms with Gasteiger partial charge in [-0.25, -0.2) is 19.9 Å². The number of rotatable bonds is 5. The van der Waals surface area contributed by atoms with E-state index in [0.29, 0.717) is 12.4 Å². The van der Waals surface area contributed by atoms with Gasteiger partial charge in [-0.15, -0.1) is 0 Å². The Morgan fingerprint density at radius 1 is 1.19 bits per heavy atom. The second kappa shape index (κ2) is 7.09. The van der Waals surface area contributed by atoms with E-state index in [0.717, 1.165) is 35.5 Å². The molecule has 0 amide bonds. The van der Waals surface area contributed by atoms with Crippen molar-refractivity contribution in [2.45, 2.75) is 18.6 Å². The molecule has 0 spiro atoms. The summed E-state index contributed by atoms with van der Waals surface area (Å²) in [5.74, 6) is 2.11. The Hall–Kier alpha value is -3.00. The number of para-hydroxylation sites is 1.